The summed E-state index contributed by atoms with van der Waals surface area (Å²) in [6.07, 6.45) is -4.46. The molecule has 0 saturated carbocycles. The number of rotatable bonds is 4. The maximum absolute atomic E-state index is 13.1. The highest BCUT2D eigenvalue weighted by molar-refractivity contribution is 5.97. The van der Waals surface area contributed by atoms with Crippen LogP contribution < -0.4 is 0 Å². The molecule has 0 aliphatic heterocycles. The van der Waals surface area contributed by atoms with Crippen LogP contribution in [0.25, 0.3) is 0 Å². The summed E-state index contributed by atoms with van der Waals surface area (Å²) >= 11 is 0. The number of ketones is 1. The van der Waals surface area contributed by atoms with Crippen LogP contribution in [0.5, 0.6) is 0 Å². The highest BCUT2D eigenvalue weighted by Gasteiger charge is 2.35. The molecule has 0 unspecified atom stereocenters. The zero-order valence-electron chi connectivity index (χ0n) is 11.0. The number of carbonyl (C=O) groups excluding carboxylic acids is 1. The van der Waals surface area contributed by atoms with Crippen molar-refractivity contribution in [1.29, 1.82) is 0 Å². The molecule has 110 valence electrons. The molecule has 0 bridgehead atoms. The van der Waals surface area contributed by atoms with E-state index in [1.807, 2.05) is 0 Å². The lowest BCUT2D eigenvalue weighted by Gasteiger charge is -2.12. The minimum absolute atomic E-state index is 0.101. The van der Waals surface area contributed by atoms with Gasteiger partial charge in [-0.3, -0.25) is 4.79 Å². The Hall–Kier alpha value is -2.17. The van der Waals surface area contributed by atoms with Gasteiger partial charge in [0.1, 0.15) is 5.82 Å². The summed E-state index contributed by atoms with van der Waals surface area (Å²) in [5.74, 6) is -1.57. The first-order chi connectivity index (χ1) is 9.88. The predicted octanol–water partition coefficient (Wildman–Crippen LogP) is 4.66. The van der Waals surface area contributed by atoms with E-state index in [-0.39, 0.29) is 6.42 Å². The molecule has 0 radical (unpaired) electrons. The highest BCUT2D eigenvalue weighted by atomic mass is 19.4. The molecule has 0 fully saturated rings. The third-order valence-corrected chi connectivity index (χ3v) is 3.07. The number of hydrogen-bond donors (Lipinski definition) is 0. The van der Waals surface area contributed by atoms with Gasteiger partial charge in [0.15, 0.2) is 5.78 Å². The molecule has 0 heterocycles. The summed E-state index contributed by atoms with van der Waals surface area (Å²) in [7, 11) is 0. The van der Waals surface area contributed by atoms with E-state index >= 15 is 0 Å². The summed E-state index contributed by atoms with van der Waals surface area (Å²) in [5, 5.41) is 0. The summed E-state index contributed by atoms with van der Waals surface area (Å²) < 4.78 is 51.6. The fourth-order valence-corrected chi connectivity index (χ4v) is 2.03. The third kappa shape index (κ3) is 3.90. The van der Waals surface area contributed by atoms with Crippen molar-refractivity contribution in [3.63, 3.8) is 0 Å². The van der Waals surface area contributed by atoms with Crippen molar-refractivity contribution in [2.45, 2.75) is 19.0 Å². The van der Waals surface area contributed by atoms with E-state index in [1.54, 1.807) is 30.3 Å². The van der Waals surface area contributed by atoms with Crippen LogP contribution in [0.2, 0.25) is 0 Å². The lowest BCUT2D eigenvalue weighted by atomic mass is 9.98. The van der Waals surface area contributed by atoms with E-state index < -0.39 is 28.9 Å². The van der Waals surface area contributed by atoms with E-state index in [4.69, 9.17) is 0 Å². The van der Waals surface area contributed by atoms with E-state index in [1.165, 1.54) is 0 Å². The molecule has 2 aromatic carbocycles. The lowest BCUT2D eigenvalue weighted by Crippen LogP contribution is -2.14. The average molecular weight is 296 g/mol. The molecule has 21 heavy (non-hydrogen) atoms. The van der Waals surface area contributed by atoms with Crippen LogP contribution >= 0.6 is 0 Å². The predicted molar refractivity (Wildman–Crippen MR) is 70.5 cm³/mol. The number of carbonyl (C=O) groups is 1. The lowest BCUT2D eigenvalue weighted by molar-refractivity contribution is -0.137. The molecule has 1 nitrogen and oxygen atoms in total. The quantitative estimate of drug-likeness (QED) is 0.592. The molecular formula is C16H12F4O. The number of aryl methyl sites for hydroxylation is 1. The Kier molecular flexibility index (Phi) is 4.40. The zero-order valence-corrected chi connectivity index (χ0v) is 11.0. The molecular weight excluding hydrogens is 284 g/mol. The first-order valence-electron chi connectivity index (χ1n) is 6.32. The van der Waals surface area contributed by atoms with Gasteiger partial charge in [-0.1, -0.05) is 30.3 Å². The van der Waals surface area contributed by atoms with Gasteiger partial charge in [-0.2, -0.15) is 13.2 Å². The van der Waals surface area contributed by atoms with Crippen LogP contribution in [-0.4, -0.2) is 5.78 Å². The largest absolute Gasteiger partial charge is 0.417 e. The van der Waals surface area contributed by atoms with Crippen LogP contribution in [0.15, 0.2) is 48.5 Å². The molecule has 0 aromatic heterocycles. The third-order valence-electron chi connectivity index (χ3n) is 3.07. The summed E-state index contributed by atoms with van der Waals surface area (Å²) in [4.78, 5) is 12.0. The van der Waals surface area contributed by atoms with Crippen LogP contribution in [0.1, 0.15) is 27.9 Å². The van der Waals surface area contributed by atoms with Gasteiger partial charge in [0.25, 0.3) is 0 Å². The first-order valence-corrected chi connectivity index (χ1v) is 6.32. The Morgan fingerprint density at radius 3 is 2.29 bits per heavy atom. The van der Waals surface area contributed by atoms with Gasteiger partial charge in [0.05, 0.1) is 5.56 Å². The molecule has 0 aliphatic carbocycles. The van der Waals surface area contributed by atoms with Crippen LogP contribution in [0.3, 0.4) is 0 Å². The normalized spacial score (nSPS) is 11.4. The van der Waals surface area contributed by atoms with Crippen molar-refractivity contribution in [2.75, 3.05) is 0 Å². The number of Topliss-reactive ketones (excluding diaryl/α,β-unsaturated/α-hetero) is 1. The van der Waals surface area contributed by atoms with Gasteiger partial charge in [-0.15, -0.1) is 0 Å². The Morgan fingerprint density at radius 1 is 1.00 bits per heavy atom. The van der Waals surface area contributed by atoms with E-state index in [9.17, 15) is 22.4 Å². The maximum Gasteiger partial charge on any atom is 0.417 e. The Balaban J connectivity index is 2.21. The van der Waals surface area contributed by atoms with Crippen LogP contribution in [-0.2, 0) is 12.6 Å². The fraction of sp³-hybridized carbons (Fsp3) is 0.188. The van der Waals surface area contributed by atoms with Crippen molar-refractivity contribution in [2.24, 2.45) is 0 Å². The van der Waals surface area contributed by atoms with Gasteiger partial charge in [0, 0.05) is 12.0 Å². The number of alkyl halides is 3. The van der Waals surface area contributed by atoms with Crippen LogP contribution in [0, 0.1) is 5.82 Å². The van der Waals surface area contributed by atoms with E-state index in [0.717, 1.165) is 5.56 Å². The summed E-state index contributed by atoms with van der Waals surface area (Å²) in [6, 6.07) is 10.9. The van der Waals surface area contributed by atoms with Gasteiger partial charge in [0.2, 0.25) is 0 Å². The zero-order chi connectivity index (χ0) is 15.5. The van der Waals surface area contributed by atoms with Crippen molar-refractivity contribution in [3.8, 4) is 0 Å². The maximum atomic E-state index is 13.1. The van der Waals surface area contributed by atoms with Gasteiger partial charge >= 0.3 is 6.18 Å². The topological polar surface area (TPSA) is 17.1 Å². The molecule has 2 aromatic rings. The van der Waals surface area contributed by atoms with Crippen molar-refractivity contribution in [1.82, 2.24) is 0 Å². The second kappa shape index (κ2) is 6.08. The monoisotopic (exact) mass is 296 g/mol. The Morgan fingerprint density at radius 2 is 1.67 bits per heavy atom. The van der Waals surface area contributed by atoms with Gasteiger partial charge in [-0.25, -0.2) is 4.39 Å². The fourth-order valence-electron chi connectivity index (χ4n) is 2.03. The summed E-state index contributed by atoms with van der Waals surface area (Å²) in [5.41, 5.74) is -0.865. The second-order valence-electron chi connectivity index (χ2n) is 4.60. The molecule has 0 saturated heterocycles. The number of halogens is 4. The molecule has 5 heteroatoms. The number of benzene rings is 2. The minimum atomic E-state index is -4.68. The van der Waals surface area contributed by atoms with E-state index in [2.05, 4.69) is 0 Å². The van der Waals surface area contributed by atoms with Gasteiger partial charge in [-0.05, 0) is 30.2 Å². The van der Waals surface area contributed by atoms with Gasteiger partial charge < -0.3 is 0 Å². The number of hydrogen-bond acceptors (Lipinski definition) is 1. The molecule has 0 aliphatic rings. The second-order valence-corrected chi connectivity index (χ2v) is 4.60. The SMILES string of the molecule is O=C(CCc1ccccc1)c1cc(F)ccc1C(F)(F)F. The molecule has 2 rings (SSSR count). The van der Waals surface area contributed by atoms with E-state index in [0.29, 0.717) is 24.6 Å². The minimum Gasteiger partial charge on any atom is -0.294 e. The van der Waals surface area contributed by atoms with Crippen LogP contribution in [0.4, 0.5) is 17.6 Å². The Bertz CT molecular complexity index is 632. The Labute approximate surface area is 119 Å². The van der Waals surface area contributed by atoms with Crippen molar-refractivity contribution < 1.29 is 22.4 Å². The standard InChI is InChI=1S/C16H12F4O/c17-12-7-8-14(16(18,19)20)13(10-12)15(21)9-6-11-4-2-1-3-5-11/h1-5,7-8,10H,6,9H2. The average Bonchev–Trinajstić information content (AvgIpc) is 2.44. The first kappa shape index (κ1) is 15.2. The smallest absolute Gasteiger partial charge is 0.294 e. The summed E-state index contributed by atoms with van der Waals surface area (Å²) in [6.45, 7) is 0. The molecule has 0 spiro atoms. The molecule has 0 N–H and O–H groups in total. The molecule has 0 atom stereocenters. The highest BCUT2D eigenvalue weighted by Crippen LogP contribution is 2.33. The van der Waals surface area contributed by atoms with Crippen molar-refractivity contribution in [3.05, 3.63) is 71.0 Å². The van der Waals surface area contributed by atoms with Crippen molar-refractivity contribution >= 4 is 5.78 Å². The molecule has 0 amide bonds.